The molecule has 192 valence electrons. The molecule has 0 saturated heterocycles. The zero-order valence-corrected chi connectivity index (χ0v) is 20.7. The molecule has 0 saturated carbocycles. The minimum Gasteiger partial charge on any atom is -0.457 e. The molecule has 0 aliphatic heterocycles. The average molecular weight is 511 g/mol. The van der Waals surface area contributed by atoms with E-state index in [1.54, 1.807) is 30.3 Å². The number of para-hydroxylation sites is 1. The Balaban J connectivity index is 1.48. The number of rotatable bonds is 9. The van der Waals surface area contributed by atoms with E-state index in [-0.39, 0.29) is 30.4 Å². The number of carbonyl (C=O) groups excluding carboxylic acids is 2. The molecular formula is C29H26N4O5. The first kappa shape index (κ1) is 25.9. The van der Waals surface area contributed by atoms with Gasteiger partial charge in [-0.3, -0.25) is 19.8 Å². The largest absolute Gasteiger partial charge is 0.457 e. The zero-order chi connectivity index (χ0) is 26.9. The Morgan fingerprint density at radius 3 is 2.29 bits per heavy atom. The lowest BCUT2D eigenvalue weighted by molar-refractivity contribution is -0.384. The van der Waals surface area contributed by atoms with Crippen molar-refractivity contribution in [3.05, 3.63) is 124 Å². The van der Waals surface area contributed by atoms with Crippen LogP contribution in [0.1, 0.15) is 15.9 Å². The number of nitro groups is 1. The minimum atomic E-state index is -0.556. The van der Waals surface area contributed by atoms with Gasteiger partial charge < -0.3 is 15.4 Å². The average Bonchev–Trinajstić information content (AvgIpc) is 2.92. The molecule has 3 amide bonds. The van der Waals surface area contributed by atoms with E-state index >= 15 is 0 Å². The van der Waals surface area contributed by atoms with Crippen LogP contribution in [-0.4, -0.2) is 30.0 Å². The van der Waals surface area contributed by atoms with Crippen molar-refractivity contribution in [3.63, 3.8) is 0 Å². The maximum Gasteiger partial charge on any atom is 0.326 e. The smallest absolute Gasteiger partial charge is 0.326 e. The number of aryl methyl sites for hydroxylation is 1. The third kappa shape index (κ3) is 6.94. The van der Waals surface area contributed by atoms with Crippen LogP contribution in [0.3, 0.4) is 0 Å². The van der Waals surface area contributed by atoms with Gasteiger partial charge in [0.15, 0.2) is 0 Å². The first-order chi connectivity index (χ1) is 18.4. The van der Waals surface area contributed by atoms with Gasteiger partial charge in [0, 0.05) is 42.2 Å². The molecule has 4 aromatic carbocycles. The molecule has 2 N–H and O–H groups in total. The van der Waals surface area contributed by atoms with Crippen LogP contribution >= 0.6 is 0 Å². The first-order valence-electron chi connectivity index (χ1n) is 11.9. The normalized spacial score (nSPS) is 10.3. The topological polar surface area (TPSA) is 114 Å². The van der Waals surface area contributed by atoms with Gasteiger partial charge in [-0.05, 0) is 67.1 Å². The van der Waals surface area contributed by atoms with E-state index in [0.717, 1.165) is 5.56 Å². The Labute approximate surface area is 219 Å². The molecule has 0 bridgehead atoms. The predicted molar refractivity (Wildman–Crippen MR) is 146 cm³/mol. The Bertz CT molecular complexity index is 1420. The number of nitrogens with one attached hydrogen (secondary N) is 2. The van der Waals surface area contributed by atoms with Crippen LogP contribution in [0.4, 0.5) is 21.9 Å². The number of amides is 3. The van der Waals surface area contributed by atoms with Crippen molar-refractivity contribution in [1.29, 1.82) is 0 Å². The van der Waals surface area contributed by atoms with Crippen LogP contribution in [0.2, 0.25) is 0 Å². The van der Waals surface area contributed by atoms with E-state index < -0.39 is 10.8 Å². The molecule has 4 rings (SSSR count). The molecule has 0 radical (unpaired) electrons. The van der Waals surface area contributed by atoms with E-state index in [1.165, 1.54) is 29.2 Å². The maximum absolute atomic E-state index is 13.3. The molecule has 4 aromatic rings. The molecule has 0 aromatic heterocycles. The van der Waals surface area contributed by atoms with Gasteiger partial charge in [-0.2, -0.15) is 0 Å². The third-order valence-electron chi connectivity index (χ3n) is 5.58. The summed E-state index contributed by atoms with van der Waals surface area (Å²) in [4.78, 5) is 37.8. The lowest BCUT2D eigenvalue weighted by Crippen LogP contribution is -2.41. The van der Waals surface area contributed by atoms with Gasteiger partial charge in [0.05, 0.1) is 4.92 Å². The molecule has 0 atom stereocenters. The van der Waals surface area contributed by atoms with Crippen LogP contribution in [0, 0.1) is 17.0 Å². The summed E-state index contributed by atoms with van der Waals surface area (Å²) in [5.74, 6) is 0.829. The number of non-ortho nitro benzene ring substituents is 1. The summed E-state index contributed by atoms with van der Waals surface area (Å²) in [7, 11) is 0. The number of nitro benzene ring substituents is 1. The van der Waals surface area contributed by atoms with Crippen molar-refractivity contribution < 1.29 is 19.2 Å². The van der Waals surface area contributed by atoms with E-state index in [1.807, 2.05) is 55.5 Å². The molecule has 0 aliphatic carbocycles. The number of ether oxygens (including phenoxy) is 1. The lowest BCUT2D eigenvalue weighted by atomic mass is 10.2. The highest BCUT2D eigenvalue weighted by molar-refractivity contribution is 6.02. The van der Waals surface area contributed by atoms with Gasteiger partial charge in [0.2, 0.25) is 0 Å². The van der Waals surface area contributed by atoms with Crippen molar-refractivity contribution in [2.45, 2.75) is 6.92 Å². The summed E-state index contributed by atoms with van der Waals surface area (Å²) in [6, 6.07) is 28.9. The second kappa shape index (κ2) is 12.2. The van der Waals surface area contributed by atoms with Crippen molar-refractivity contribution in [2.24, 2.45) is 0 Å². The number of nitrogens with zero attached hydrogens (tertiary/aromatic N) is 2. The number of hydrogen-bond acceptors (Lipinski definition) is 5. The predicted octanol–water partition coefficient (Wildman–Crippen LogP) is 6.16. The second-order valence-electron chi connectivity index (χ2n) is 8.42. The van der Waals surface area contributed by atoms with Crippen molar-refractivity contribution in [2.75, 3.05) is 23.3 Å². The quantitative estimate of drug-likeness (QED) is 0.207. The van der Waals surface area contributed by atoms with Crippen LogP contribution in [0.25, 0.3) is 0 Å². The Kier molecular flexibility index (Phi) is 8.30. The molecule has 0 spiro atoms. The summed E-state index contributed by atoms with van der Waals surface area (Å²) < 4.78 is 5.85. The molecule has 0 fully saturated rings. The first-order valence-corrected chi connectivity index (χ1v) is 11.9. The lowest BCUT2D eigenvalue weighted by Gasteiger charge is -2.24. The molecule has 0 heterocycles. The highest BCUT2D eigenvalue weighted by Gasteiger charge is 2.18. The van der Waals surface area contributed by atoms with Gasteiger partial charge in [-0.1, -0.05) is 36.4 Å². The Morgan fingerprint density at radius 1 is 0.868 bits per heavy atom. The third-order valence-corrected chi connectivity index (χ3v) is 5.58. The summed E-state index contributed by atoms with van der Waals surface area (Å²) in [5.41, 5.74) is 2.23. The van der Waals surface area contributed by atoms with Crippen LogP contribution in [0.15, 0.2) is 103 Å². The van der Waals surface area contributed by atoms with Gasteiger partial charge in [-0.15, -0.1) is 0 Å². The standard InChI is InChI=1S/C29H26N4O5/c1-21-7-5-9-23(19-21)31-29(35)32(18-17-30-28(34)22-8-6-10-25(20-22)33(36)37)24-13-15-27(16-14-24)38-26-11-3-2-4-12-26/h2-16,19-20H,17-18H2,1H3,(H,30,34)(H,31,35). The van der Waals surface area contributed by atoms with Crippen LogP contribution in [0.5, 0.6) is 11.5 Å². The number of hydrogen-bond donors (Lipinski definition) is 2. The Morgan fingerprint density at radius 2 is 1.58 bits per heavy atom. The number of benzene rings is 4. The van der Waals surface area contributed by atoms with Crippen molar-refractivity contribution >= 4 is 29.0 Å². The Hall–Kier alpha value is -5.18. The number of carbonyl (C=O) groups is 2. The molecule has 9 heteroatoms. The van der Waals surface area contributed by atoms with Crippen molar-refractivity contribution in [1.82, 2.24) is 5.32 Å². The fraction of sp³-hybridized carbons (Fsp3) is 0.103. The molecule has 0 aliphatic rings. The van der Waals surface area contributed by atoms with Gasteiger partial charge in [-0.25, -0.2) is 4.79 Å². The summed E-state index contributed by atoms with van der Waals surface area (Å²) >= 11 is 0. The van der Waals surface area contributed by atoms with E-state index in [2.05, 4.69) is 10.6 Å². The fourth-order valence-corrected chi connectivity index (χ4v) is 3.72. The minimum absolute atomic E-state index is 0.116. The number of urea groups is 1. The van der Waals surface area contributed by atoms with Gasteiger partial charge >= 0.3 is 6.03 Å². The van der Waals surface area contributed by atoms with Gasteiger partial charge in [0.1, 0.15) is 11.5 Å². The van der Waals surface area contributed by atoms with Crippen LogP contribution in [-0.2, 0) is 0 Å². The maximum atomic E-state index is 13.3. The SMILES string of the molecule is Cc1cccc(NC(=O)N(CCNC(=O)c2cccc([N+](=O)[O-])c2)c2ccc(Oc3ccccc3)cc2)c1. The highest BCUT2D eigenvalue weighted by Crippen LogP contribution is 2.25. The van der Waals surface area contributed by atoms with Crippen molar-refractivity contribution in [3.8, 4) is 11.5 Å². The highest BCUT2D eigenvalue weighted by atomic mass is 16.6. The summed E-state index contributed by atoms with van der Waals surface area (Å²) in [6.07, 6.45) is 0. The fourth-order valence-electron chi connectivity index (χ4n) is 3.72. The summed E-state index contributed by atoms with van der Waals surface area (Å²) in [6.45, 7) is 2.20. The molecule has 9 nitrogen and oxygen atoms in total. The van der Waals surface area contributed by atoms with E-state index in [4.69, 9.17) is 4.74 Å². The second-order valence-corrected chi connectivity index (χ2v) is 8.42. The molecule has 0 unspecified atom stereocenters. The molecular weight excluding hydrogens is 484 g/mol. The number of anilines is 2. The molecule has 38 heavy (non-hydrogen) atoms. The monoisotopic (exact) mass is 510 g/mol. The van der Waals surface area contributed by atoms with E-state index in [9.17, 15) is 19.7 Å². The summed E-state index contributed by atoms with van der Waals surface area (Å²) in [5, 5.41) is 16.6. The van der Waals surface area contributed by atoms with E-state index in [0.29, 0.717) is 22.9 Å². The zero-order valence-electron chi connectivity index (χ0n) is 20.7. The van der Waals surface area contributed by atoms with Gasteiger partial charge in [0.25, 0.3) is 11.6 Å². The van der Waals surface area contributed by atoms with Crippen LogP contribution < -0.4 is 20.3 Å².